The van der Waals surface area contributed by atoms with Crippen molar-refractivity contribution in [1.29, 1.82) is 0 Å². The summed E-state index contributed by atoms with van der Waals surface area (Å²) < 4.78 is 18.0. The number of nitro groups is 1. The topological polar surface area (TPSA) is 118 Å². The van der Waals surface area contributed by atoms with Crippen LogP contribution in [0.1, 0.15) is 16.1 Å². The first-order valence-electron chi connectivity index (χ1n) is 5.33. The minimum atomic E-state index is -1.51. The van der Waals surface area contributed by atoms with Gasteiger partial charge in [-0.2, -0.15) is 0 Å². The van der Waals surface area contributed by atoms with Gasteiger partial charge in [0.15, 0.2) is 0 Å². The van der Waals surface area contributed by atoms with Gasteiger partial charge in [-0.3, -0.25) is 10.1 Å². The maximum absolute atomic E-state index is 13.4. The minimum absolute atomic E-state index is 0.0715. The molecule has 0 atom stereocenters. The fraction of sp³-hybridized carbons (Fsp3) is 0.0909. The molecular weight excluding hydrogens is 273 g/mol. The predicted molar refractivity (Wildman–Crippen MR) is 63.8 cm³/mol. The van der Waals surface area contributed by atoms with Crippen molar-refractivity contribution in [2.45, 2.75) is 6.54 Å². The van der Waals surface area contributed by atoms with Crippen molar-refractivity contribution in [3.63, 3.8) is 0 Å². The van der Waals surface area contributed by atoms with Crippen molar-refractivity contribution in [1.82, 2.24) is 5.16 Å². The second kappa shape index (κ2) is 5.34. The Bertz CT molecular complexity index is 656. The number of nitrogens with one attached hydrogen (secondary N) is 1. The monoisotopic (exact) mass is 281 g/mol. The lowest BCUT2D eigenvalue weighted by Crippen LogP contribution is -2.07. The number of rotatable bonds is 5. The number of nitro benzene ring substituents is 1. The van der Waals surface area contributed by atoms with Crippen LogP contribution in [0.15, 0.2) is 29.0 Å². The number of aromatic carboxylic acids is 1. The van der Waals surface area contributed by atoms with Crippen LogP contribution in [0.3, 0.4) is 0 Å². The summed E-state index contributed by atoms with van der Waals surface area (Å²) in [5.41, 5.74) is -0.869. The average molecular weight is 281 g/mol. The molecule has 0 saturated heterocycles. The maximum atomic E-state index is 13.4. The van der Waals surface area contributed by atoms with Crippen LogP contribution in [0, 0.1) is 15.9 Å². The van der Waals surface area contributed by atoms with E-state index in [0.717, 1.165) is 6.07 Å². The van der Waals surface area contributed by atoms with Gasteiger partial charge in [0.2, 0.25) is 0 Å². The number of carboxylic acids is 1. The maximum Gasteiger partial charge on any atom is 0.338 e. The molecule has 104 valence electrons. The summed E-state index contributed by atoms with van der Waals surface area (Å²) in [5, 5.41) is 25.8. The van der Waals surface area contributed by atoms with Gasteiger partial charge in [0.25, 0.3) is 5.69 Å². The number of hydrogen-bond acceptors (Lipinski definition) is 6. The van der Waals surface area contributed by atoms with Gasteiger partial charge in [0.05, 0.1) is 23.1 Å². The van der Waals surface area contributed by atoms with Crippen molar-refractivity contribution in [2.75, 3.05) is 5.32 Å². The van der Waals surface area contributed by atoms with Crippen LogP contribution in [0.5, 0.6) is 0 Å². The molecule has 0 aliphatic heterocycles. The highest BCUT2D eigenvalue weighted by molar-refractivity contribution is 5.90. The number of halogens is 1. The Morgan fingerprint density at radius 1 is 1.55 bits per heavy atom. The molecule has 1 aromatic carbocycles. The van der Waals surface area contributed by atoms with Crippen molar-refractivity contribution >= 4 is 17.3 Å². The zero-order valence-corrected chi connectivity index (χ0v) is 9.87. The predicted octanol–water partition coefficient (Wildman–Crippen LogP) is 2.03. The highest BCUT2D eigenvalue weighted by atomic mass is 19.1. The molecule has 0 fully saturated rings. The number of anilines is 1. The van der Waals surface area contributed by atoms with E-state index in [4.69, 9.17) is 5.11 Å². The van der Waals surface area contributed by atoms with Gasteiger partial charge >= 0.3 is 5.97 Å². The lowest BCUT2D eigenvalue weighted by molar-refractivity contribution is -0.384. The molecule has 1 aromatic heterocycles. The van der Waals surface area contributed by atoms with Gasteiger partial charge in [-0.1, -0.05) is 5.16 Å². The molecule has 8 nitrogen and oxygen atoms in total. The van der Waals surface area contributed by atoms with Gasteiger partial charge < -0.3 is 14.9 Å². The lowest BCUT2D eigenvalue weighted by Gasteiger charge is -2.07. The Kier molecular flexibility index (Phi) is 3.60. The summed E-state index contributed by atoms with van der Waals surface area (Å²) in [6.45, 7) is 0.0715. The van der Waals surface area contributed by atoms with E-state index in [-0.39, 0.29) is 12.2 Å². The van der Waals surface area contributed by atoms with Crippen molar-refractivity contribution in [3.05, 3.63) is 51.7 Å². The molecule has 0 bridgehead atoms. The summed E-state index contributed by atoms with van der Waals surface area (Å²) in [4.78, 5) is 20.9. The summed E-state index contributed by atoms with van der Waals surface area (Å²) in [7, 11) is 0. The van der Waals surface area contributed by atoms with E-state index in [2.05, 4.69) is 15.0 Å². The number of carbonyl (C=O) groups is 1. The molecule has 0 unspecified atom stereocenters. The van der Waals surface area contributed by atoms with E-state index in [1.807, 2.05) is 0 Å². The van der Waals surface area contributed by atoms with Crippen LogP contribution >= 0.6 is 0 Å². The number of nitrogens with zero attached hydrogens (tertiary/aromatic N) is 2. The van der Waals surface area contributed by atoms with Crippen LogP contribution in [0.4, 0.5) is 15.8 Å². The first-order chi connectivity index (χ1) is 9.49. The SMILES string of the molecule is O=C(O)c1cc(NCc2ccon2)c([N+](=O)[O-])cc1F. The standard InChI is InChI=1S/C11H8FN3O5/c12-8-4-10(15(18)19)9(3-7(8)11(16)17)13-5-6-1-2-20-14-6/h1-4,13H,5H2,(H,16,17). The van der Waals surface area contributed by atoms with Crippen molar-refractivity contribution < 1.29 is 23.7 Å². The molecule has 0 aliphatic rings. The smallest absolute Gasteiger partial charge is 0.338 e. The van der Waals surface area contributed by atoms with Gasteiger partial charge in [-0.05, 0) is 6.07 Å². The van der Waals surface area contributed by atoms with Gasteiger partial charge in [0.1, 0.15) is 23.5 Å². The number of benzene rings is 1. The average Bonchev–Trinajstić information content (AvgIpc) is 2.89. The number of aromatic nitrogens is 1. The summed E-state index contributed by atoms with van der Waals surface area (Å²) in [6.07, 6.45) is 1.32. The van der Waals surface area contributed by atoms with Crippen LogP contribution < -0.4 is 5.32 Å². The third-order valence-corrected chi connectivity index (χ3v) is 2.46. The molecule has 0 radical (unpaired) electrons. The summed E-state index contributed by atoms with van der Waals surface area (Å²) in [5.74, 6) is -2.68. The third kappa shape index (κ3) is 2.71. The number of carboxylic acid groups (broad SMARTS) is 1. The highest BCUT2D eigenvalue weighted by Gasteiger charge is 2.21. The van der Waals surface area contributed by atoms with Crippen LogP contribution in [0.25, 0.3) is 0 Å². The molecule has 2 aromatic rings. The third-order valence-electron chi connectivity index (χ3n) is 2.46. The van der Waals surface area contributed by atoms with Crippen molar-refractivity contribution in [2.24, 2.45) is 0 Å². The Hall–Kier alpha value is -2.97. The Morgan fingerprint density at radius 2 is 2.30 bits per heavy atom. The number of hydrogen-bond donors (Lipinski definition) is 2. The molecule has 2 rings (SSSR count). The molecule has 0 aliphatic carbocycles. The fourth-order valence-corrected chi connectivity index (χ4v) is 1.53. The fourth-order valence-electron chi connectivity index (χ4n) is 1.53. The van der Waals surface area contributed by atoms with E-state index in [1.165, 1.54) is 12.3 Å². The zero-order valence-electron chi connectivity index (χ0n) is 9.87. The van der Waals surface area contributed by atoms with Gasteiger partial charge in [-0.15, -0.1) is 0 Å². The lowest BCUT2D eigenvalue weighted by atomic mass is 10.1. The van der Waals surface area contributed by atoms with Gasteiger partial charge in [0, 0.05) is 6.07 Å². The highest BCUT2D eigenvalue weighted by Crippen LogP contribution is 2.28. The molecular formula is C11H8FN3O5. The van der Waals surface area contributed by atoms with E-state index >= 15 is 0 Å². The molecule has 0 saturated carbocycles. The normalized spacial score (nSPS) is 10.2. The quantitative estimate of drug-likeness (QED) is 0.635. The van der Waals surface area contributed by atoms with E-state index in [0.29, 0.717) is 11.8 Å². The second-order valence-corrected chi connectivity index (χ2v) is 3.76. The molecule has 2 N–H and O–H groups in total. The Labute approximate surface area is 111 Å². The second-order valence-electron chi connectivity index (χ2n) is 3.76. The summed E-state index contributed by atoms with van der Waals surface area (Å²) >= 11 is 0. The minimum Gasteiger partial charge on any atom is -0.478 e. The van der Waals surface area contributed by atoms with E-state index in [1.54, 1.807) is 0 Å². The van der Waals surface area contributed by atoms with Crippen molar-refractivity contribution in [3.8, 4) is 0 Å². The largest absolute Gasteiger partial charge is 0.478 e. The van der Waals surface area contributed by atoms with Gasteiger partial charge in [-0.25, -0.2) is 9.18 Å². The molecule has 9 heteroatoms. The first kappa shape index (κ1) is 13.5. The van der Waals surface area contributed by atoms with Crippen LogP contribution in [-0.4, -0.2) is 21.2 Å². The Morgan fingerprint density at radius 3 is 2.85 bits per heavy atom. The van der Waals surface area contributed by atoms with E-state index in [9.17, 15) is 19.3 Å². The van der Waals surface area contributed by atoms with E-state index < -0.39 is 28.0 Å². The molecule has 20 heavy (non-hydrogen) atoms. The first-order valence-corrected chi connectivity index (χ1v) is 5.33. The van der Waals surface area contributed by atoms with Crippen LogP contribution in [0.2, 0.25) is 0 Å². The Balaban J connectivity index is 2.35. The molecule has 1 heterocycles. The molecule has 0 amide bonds. The molecule has 0 spiro atoms. The summed E-state index contributed by atoms with van der Waals surface area (Å²) in [6, 6.07) is 2.96. The van der Waals surface area contributed by atoms with Crippen LogP contribution in [-0.2, 0) is 6.54 Å². The zero-order chi connectivity index (χ0) is 14.7.